The fraction of sp³-hybridized carbons (Fsp3) is 1.00. The standard InChI is InChI=1S/C14H27F2N/c1-4-8-14(3,5-2)12-6-9-17(10-7-12)11-13(15)16/h12-13H,4-11H2,1-3H3. The number of hydrogen-bond donors (Lipinski definition) is 0. The van der Waals surface area contributed by atoms with Gasteiger partial charge in [-0.3, -0.25) is 4.90 Å². The molecule has 17 heavy (non-hydrogen) atoms. The highest BCUT2D eigenvalue weighted by Gasteiger charge is 2.34. The average Bonchev–Trinajstić information content (AvgIpc) is 2.29. The van der Waals surface area contributed by atoms with Crippen LogP contribution in [-0.4, -0.2) is 31.0 Å². The Kier molecular flexibility index (Phi) is 5.84. The van der Waals surface area contributed by atoms with Crippen molar-refractivity contribution in [2.45, 2.75) is 59.3 Å². The Labute approximate surface area is 105 Å². The maximum Gasteiger partial charge on any atom is 0.251 e. The van der Waals surface area contributed by atoms with Crippen molar-refractivity contribution in [3.05, 3.63) is 0 Å². The summed E-state index contributed by atoms with van der Waals surface area (Å²) in [7, 11) is 0. The van der Waals surface area contributed by atoms with E-state index in [-0.39, 0.29) is 6.54 Å². The van der Waals surface area contributed by atoms with E-state index in [9.17, 15) is 8.78 Å². The molecule has 1 unspecified atom stereocenters. The van der Waals surface area contributed by atoms with Crippen molar-refractivity contribution in [2.24, 2.45) is 11.3 Å². The Morgan fingerprint density at radius 3 is 2.24 bits per heavy atom. The summed E-state index contributed by atoms with van der Waals surface area (Å²) in [6.45, 7) is 8.55. The van der Waals surface area contributed by atoms with Gasteiger partial charge in [-0.05, 0) is 43.7 Å². The molecule has 0 spiro atoms. The monoisotopic (exact) mass is 247 g/mol. The average molecular weight is 247 g/mol. The molecule has 0 aromatic rings. The first kappa shape index (κ1) is 14.9. The summed E-state index contributed by atoms with van der Waals surface area (Å²) in [5.41, 5.74) is 0.422. The van der Waals surface area contributed by atoms with E-state index in [1.165, 1.54) is 19.3 Å². The first-order valence-corrected chi connectivity index (χ1v) is 7.02. The third-order valence-corrected chi connectivity index (χ3v) is 4.60. The molecule has 1 heterocycles. The Morgan fingerprint density at radius 1 is 1.24 bits per heavy atom. The molecule has 0 saturated carbocycles. The molecule has 0 N–H and O–H groups in total. The van der Waals surface area contributed by atoms with Gasteiger partial charge in [-0.1, -0.05) is 33.6 Å². The lowest BCUT2D eigenvalue weighted by Crippen LogP contribution is -2.41. The van der Waals surface area contributed by atoms with Crippen molar-refractivity contribution >= 4 is 0 Å². The van der Waals surface area contributed by atoms with Crippen LogP contribution < -0.4 is 0 Å². The molecule has 0 aliphatic carbocycles. The van der Waals surface area contributed by atoms with Crippen molar-refractivity contribution in [3.63, 3.8) is 0 Å². The largest absolute Gasteiger partial charge is 0.298 e. The topological polar surface area (TPSA) is 3.24 Å². The highest BCUT2D eigenvalue weighted by Crippen LogP contribution is 2.41. The van der Waals surface area contributed by atoms with Gasteiger partial charge in [-0.25, -0.2) is 8.78 Å². The van der Waals surface area contributed by atoms with E-state index in [0.29, 0.717) is 5.41 Å². The minimum Gasteiger partial charge on any atom is -0.298 e. The molecule has 102 valence electrons. The fourth-order valence-corrected chi connectivity index (χ4v) is 3.25. The summed E-state index contributed by atoms with van der Waals surface area (Å²) < 4.78 is 24.6. The molecule has 1 aliphatic rings. The second kappa shape index (κ2) is 6.67. The minimum atomic E-state index is -2.18. The normalized spacial score (nSPS) is 22.9. The van der Waals surface area contributed by atoms with Crippen LogP contribution in [0.4, 0.5) is 8.78 Å². The molecular weight excluding hydrogens is 220 g/mol. The number of likely N-dealkylation sites (tertiary alicyclic amines) is 1. The summed E-state index contributed by atoms with van der Waals surface area (Å²) in [6.07, 6.45) is 3.71. The number of halogens is 2. The molecule has 1 nitrogen and oxygen atoms in total. The second-order valence-corrected chi connectivity index (χ2v) is 5.72. The van der Waals surface area contributed by atoms with E-state index in [0.717, 1.165) is 31.8 Å². The summed E-state index contributed by atoms with van der Waals surface area (Å²) in [4.78, 5) is 1.92. The molecule has 1 saturated heterocycles. The smallest absolute Gasteiger partial charge is 0.251 e. The lowest BCUT2D eigenvalue weighted by molar-refractivity contribution is 0.0375. The zero-order valence-electron chi connectivity index (χ0n) is 11.5. The lowest BCUT2D eigenvalue weighted by atomic mass is 9.68. The van der Waals surface area contributed by atoms with Crippen LogP contribution in [0.1, 0.15) is 52.9 Å². The van der Waals surface area contributed by atoms with Crippen LogP contribution in [0.5, 0.6) is 0 Å². The Bertz CT molecular complexity index is 212. The maximum atomic E-state index is 12.3. The first-order chi connectivity index (χ1) is 8.01. The van der Waals surface area contributed by atoms with Crippen molar-refractivity contribution in [3.8, 4) is 0 Å². The van der Waals surface area contributed by atoms with Gasteiger partial charge in [0, 0.05) is 0 Å². The van der Waals surface area contributed by atoms with Crippen molar-refractivity contribution in [1.29, 1.82) is 0 Å². The molecule has 0 radical (unpaired) electrons. The Balaban J connectivity index is 2.44. The predicted octanol–water partition coefficient (Wildman–Crippen LogP) is 4.18. The van der Waals surface area contributed by atoms with Gasteiger partial charge < -0.3 is 0 Å². The van der Waals surface area contributed by atoms with Gasteiger partial charge >= 0.3 is 0 Å². The number of alkyl halides is 2. The van der Waals surface area contributed by atoms with Gasteiger partial charge in [0.25, 0.3) is 6.43 Å². The second-order valence-electron chi connectivity index (χ2n) is 5.72. The van der Waals surface area contributed by atoms with Crippen LogP contribution in [0.2, 0.25) is 0 Å². The van der Waals surface area contributed by atoms with Crippen molar-refractivity contribution < 1.29 is 8.78 Å². The van der Waals surface area contributed by atoms with Crippen LogP contribution in [0, 0.1) is 11.3 Å². The molecular formula is C14H27F2N. The van der Waals surface area contributed by atoms with Gasteiger partial charge in [0.2, 0.25) is 0 Å². The summed E-state index contributed by atoms with van der Waals surface area (Å²) >= 11 is 0. The van der Waals surface area contributed by atoms with E-state index in [1.54, 1.807) is 0 Å². The van der Waals surface area contributed by atoms with Crippen LogP contribution in [-0.2, 0) is 0 Å². The molecule has 3 heteroatoms. The number of rotatable bonds is 6. The first-order valence-electron chi connectivity index (χ1n) is 7.02. The molecule has 0 aromatic carbocycles. The van der Waals surface area contributed by atoms with Crippen molar-refractivity contribution in [1.82, 2.24) is 4.90 Å². The van der Waals surface area contributed by atoms with E-state index in [4.69, 9.17) is 0 Å². The van der Waals surface area contributed by atoms with Crippen molar-refractivity contribution in [2.75, 3.05) is 19.6 Å². The number of nitrogens with zero attached hydrogens (tertiary/aromatic N) is 1. The Hall–Kier alpha value is -0.180. The molecule has 0 bridgehead atoms. The third-order valence-electron chi connectivity index (χ3n) is 4.60. The molecule has 1 atom stereocenters. The predicted molar refractivity (Wildman–Crippen MR) is 68.5 cm³/mol. The fourth-order valence-electron chi connectivity index (χ4n) is 3.25. The Morgan fingerprint density at radius 2 is 1.82 bits per heavy atom. The number of piperidine rings is 1. The molecule has 1 rings (SSSR count). The van der Waals surface area contributed by atoms with E-state index in [2.05, 4.69) is 20.8 Å². The van der Waals surface area contributed by atoms with Crippen LogP contribution in [0.15, 0.2) is 0 Å². The molecule has 0 amide bonds. The van der Waals surface area contributed by atoms with E-state index >= 15 is 0 Å². The minimum absolute atomic E-state index is 0.0384. The zero-order valence-corrected chi connectivity index (χ0v) is 11.5. The third kappa shape index (κ3) is 4.20. The zero-order chi connectivity index (χ0) is 12.9. The highest BCUT2D eigenvalue weighted by molar-refractivity contribution is 4.85. The summed E-state index contributed by atoms with van der Waals surface area (Å²) in [5, 5.41) is 0. The summed E-state index contributed by atoms with van der Waals surface area (Å²) in [5.74, 6) is 0.723. The highest BCUT2D eigenvalue weighted by atomic mass is 19.3. The molecule has 1 aliphatic heterocycles. The van der Waals surface area contributed by atoms with Crippen LogP contribution >= 0.6 is 0 Å². The van der Waals surface area contributed by atoms with E-state index < -0.39 is 6.43 Å². The summed E-state index contributed by atoms with van der Waals surface area (Å²) in [6, 6.07) is 0. The lowest BCUT2D eigenvalue weighted by Gasteiger charge is -2.42. The van der Waals surface area contributed by atoms with Gasteiger partial charge in [0.1, 0.15) is 0 Å². The van der Waals surface area contributed by atoms with Gasteiger partial charge in [0.05, 0.1) is 6.54 Å². The SMILES string of the molecule is CCCC(C)(CC)C1CCN(CC(F)F)CC1. The van der Waals surface area contributed by atoms with Crippen LogP contribution in [0.25, 0.3) is 0 Å². The van der Waals surface area contributed by atoms with Gasteiger partial charge in [-0.15, -0.1) is 0 Å². The quantitative estimate of drug-likeness (QED) is 0.680. The molecule has 0 aromatic heterocycles. The van der Waals surface area contributed by atoms with Gasteiger partial charge in [-0.2, -0.15) is 0 Å². The number of hydrogen-bond acceptors (Lipinski definition) is 1. The van der Waals surface area contributed by atoms with Crippen LogP contribution in [0.3, 0.4) is 0 Å². The molecule has 1 fully saturated rings. The van der Waals surface area contributed by atoms with Gasteiger partial charge in [0.15, 0.2) is 0 Å². The maximum absolute atomic E-state index is 12.3. The van der Waals surface area contributed by atoms with E-state index in [1.807, 2.05) is 4.90 Å².